The van der Waals surface area contributed by atoms with Crippen LogP contribution >= 0.6 is 0 Å². The van der Waals surface area contributed by atoms with Gasteiger partial charge in [0.2, 0.25) is 0 Å². The molecule has 0 unspecified atom stereocenters. The van der Waals surface area contributed by atoms with E-state index < -0.39 is 0 Å². The Morgan fingerprint density at radius 3 is 2.38 bits per heavy atom. The molecule has 1 N–H and O–H groups in total. The van der Waals surface area contributed by atoms with E-state index in [1.54, 1.807) is 7.11 Å². The quantitative estimate of drug-likeness (QED) is 0.820. The van der Waals surface area contributed by atoms with E-state index in [1.807, 2.05) is 36.4 Å². The highest BCUT2D eigenvalue weighted by Crippen LogP contribution is 2.24. The Morgan fingerprint density at radius 2 is 1.71 bits per heavy atom. The highest BCUT2D eigenvalue weighted by Gasteiger charge is 2.02. The summed E-state index contributed by atoms with van der Waals surface area (Å²) in [5, 5.41) is 3.38. The third kappa shape index (κ3) is 4.71. The minimum atomic E-state index is 0.539. The van der Waals surface area contributed by atoms with Crippen molar-refractivity contribution in [3.8, 4) is 11.5 Å². The minimum absolute atomic E-state index is 0.539. The van der Waals surface area contributed by atoms with Gasteiger partial charge in [0.05, 0.1) is 19.4 Å². The summed E-state index contributed by atoms with van der Waals surface area (Å²) in [5.74, 6) is 2.32. The van der Waals surface area contributed by atoms with Gasteiger partial charge in [-0.1, -0.05) is 38.1 Å². The summed E-state index contributed by atoms with van der Waals surface area (Å²) in [6, 6.07) is 16.1. The van der Waals surface area contributed by atoms with Gasteiger partial charge in [-0.2, -0.15) is 0 Å². The van der Waals surface area contributed by atoms with Crippen molar-refractivity contribution >= 4 is 5.69 Å². The van der Waals surface area contributed by atoms with Crippen LogP contribution < -0.4 is 14.8 Å². The summed E-state index contributed by atoms with van der Waals surface area (Å²) in [6.45, 7) is 5.79. The smallest absolute Gasteiger partial charge is 0.141 e. The standard InChI is InChI=1S/C18H23NO2/c1-14(2)13-21-16-10-8-15(9-11-16)12-19-17-6-4-5-7-18(17)20-3/h4-11,14,19H,12-13H2,1-3H3. The fourth-order valence-corrected chi connectivity index (χ4v) is 1.95. The van der Waals surface area contributed by atoms with E-state index >= 15 is 0 Å². The Kier molecular flexibility index (Phi) is 5.50. The van der Waals surface area contributed by atoms with E-state index in [1.165, 1.54) is 5.56 Å². The van der Waals surface area contributed by atoms with Gasteiger partial charge in [0.15, 0.2) is 0 Å². The van der Waals surface area contributed by atoms with E-state index in [2.05, 4.69) is 31.3 Å². The summed E-state index contributed by atoms with van der Waals surface area (Å²) < 4.78 is 11.0. The number of hydrogen-bond acceptors (Lipinski definition) is 3. The van der Waals surface area contributed by atoms with Crippen LogP contribution in [0.4, 0.5) is 5.69 Å². The van der Waals surface area contributed by atoms with Crippen molar-refractivity contribution in [1.29, 1.82) is 0 Å². The van der Waals surface area contributed by atoms with Crippen LogP contribution in [-0.4, -0.2) is 13.7 Å². The molecule has 0 atom stereocenters. The van der Waals surface area contributed by atoms with Crippen molar-refractivity contribution in [2.75, 3.05) is 19.0 Å². The summed E-state index contributed by atoms with van der Waals surface area (Å²) in [6.07, 6.45) is 0. The number of nitrogens with one attached hydrogen (secondary N) is 1. The molecule has 0 aliphatic carbocycles. The second-order valence-corrected chi connectivity index (χ2v) is 5.40. The molecule has 21 heavy (non-hydrogen) atoms. The van der Waals surface area contributed by atoms with Gasteiger partial charge >= 0.3 is 0 Å². The van der Waals surface area contributed by atoms with Crippen LogP contribution in [0.25, 0.3) is 0 Å². The molecule has 0 saturated carbocycles. The zero-order valence-corrected chi connectivity index (χ0v) is 12.9. The number of para-hydroxylation sites is 2. The van der Waals surface area contributed by atoms with Gasteiger partial charge in [0.1, 0.15) is 11.5 Å². The molecule has 3 nitrogen and oxygen atoms in total. The molecule has 0 amide bonds. The van der Waals surface area contributed by atoms with Crippen molar-refractivity contribution in [2.45, 2.75) is 20.4 Å². The van der Waals surface area contributed by atoms with Crippen LogP contribution in [-0.2, 0) is 6.54 Å². The molecule has 0 aromatic heterocycles. The molecule has 0 spiro atoms. The lowest BCUT2D eigenvalue weighted by Crippen LogP contribution is -2.05. The number of ether oxygens (including phenoxy) is 2. The van der Waals surface area contributed by atoms with Crippen molar-refractivity contribution < 1.29 is 9.47 Å². The lowest BCUT2D eigenvalue weighted by molar-refractivity contribution is 0.271. The van der Waals surface area contributed by atoms with E-state index in [-0.39, 0.29) is 0 Å². The predicted molar refractivity (Wildman–Crippen MR) is 87.1 cm³/mol. The van der Waals surface area contributed by atoms with Crippen LogP contribution in [0.15, 0.2) is 48.5 Å². The fraction of sp³-hybridized carbons (Fsp3) is 0.333. The second kappa shape index (κ2) is 7.58. The molecule has 0 aliphatic heterocycles. The number of benzene rings is 2. The van der Waals surface area contributed by atoms with E-state index in [0.717, 1.165) is 30.3 Å². The number of rotatable bonds is 7. The molecule has 0 saturated heterocycles. The Balaban J connectivity index is 1.91. The largest absolute Gasteiger partial charge is 0.495 e. The molecule has 0 heterocycles. The molecule has 0 aliphatic rings. The maximum atomic E-state index is 5.68. The van der Waals surface area contributed by atoms with E-state index in [0.29, 0.717) is 5.92 Å². The zero-order valence-electron chi connectivity index (χ0n) is 12.9. The SMILES string of the molecule is COc1ccccc1NCc1ccc(OCC(C)C)cc1. The molecule has 2 aromatic rings. The fourth-order valence-electron chi connectivity index (χ4n) is 1.95. The first-order chi connectivity index (χ1) is 10.2. The van der Waals surface area contributed by atoms with Gasteiger partial charge in [-0.05, 0) is 35.7 Å². The number of methoxy groups -OCH3 is 1. The summed E-state index contributed by atoms with van der Waals surface area (Å²) in [7, 11) is 1.68. The maximum Gasteiger partial charge on any atom is 0.141 e. The molecule has 0 bridgehead atoms. The lowest BCUT2D eigenvalue weighted by atomic mass is 10.2. The van der Waals surface area contributed by atoms with Crippen molar-refractivity contribution in [3.05, 3.63) is 54.1 Å². The van der Waals surface area contributed by atoms with Crippen LogP contribution in [0.2, 0.25) is 0 Å². The molecule has 2 rings (SSSR count). The first-order valence-corrected chi connectivity index (χ1v) is 7.27. The van der Waals surface area contributed by atoms with Gasteiger partial charge < -0.3 is 14.8 Å². The second-order valence-electron chi connectivity index (χ2n) is 5.40. The third-order valence-corrected chi connectivity index (χ3v) is 3.10. The van der Waals surface area contributed by atoms with Gasteiger partial charge in [-0.3, -0.25) is 0 Å². The molecule has 0 radical (unpaired) electrons. The zero-order chi connectivity index (χ0) is 15.1. The van der Waals surface area contributed by atoms with Gasteiger partial charge in [0, 0.05) is 6.54 Å². The topological polar surface area (TPSA) is 30.5 Å². The Labute approximate surface area is 126 Å². The highest BCUT2D eigenvalue weighted by atomic mass is 16.5. The van der Waals surface area contributed by atoms with Gasteiger partial charge in [-0.15, -0.1) is 0 Å². The number of hydrogen-bond donors (Lipinski definition) is 1. The monoisotopic (exact) mass is 285 g/mol. The summed E-state index contributed by atoms with van der Waals surface area (Å²) in [5.41, 5.74) is 2.21. The maximum absolute atomic E-state index is 5.68. The average molecular weight is 285 g/mol. The molecule has 0 fully saturated rings. The van der Waals surface area contributed by atoms with Crippen molar-refractivity contribution in [1.82, 2.24) is 0 Å². The van der Waals surface area contributed by atoms with Gasteiger partial charge in [-0.25, -0.2) is 0 Å². The molecule has 2 aromatic carbocycles. The Bertz CT molecular complexity index is 549. The lowest BCUT2D eigenvalue weighted by Gasteiger charge is -2.12. The average Bonchev–Trinajstić information content (AvgIpc) is 2.52. The van der Waals surface area contributed by atoms with E-state index in [4.69, 9.17) is 9.47 Å². The van der Waals surface area contributed by atoms with Crippen LogP contribution in [0.5, 0.6) is 11.5 Å². The minimum Gasteiger partial charge on any atom is -0.495 e. The molecular formula is C18H23NO2. The van der Waals surface area contributed by atoms with Crippen molar-refractivity contribution in [3.63, 3.8) is 0 Å². The molecule has 112 valence electrons. The third-order valence-electron chi connectivity index (χ3n) is 3.10. The van der Waals surface area contributed by atoms with Crippen molar-refractivity contribution in [2.24, 2.45) is 5.92 Å². The normalized spacial score (nSPS) is 10.5. The van der Waals surface area contributed by atoms with Crippen LogP contribution in [0.3, 0.4) is 0 Å². The summed E-state index contributed by atoms with van der Waals surface area (Å²) in [4.78, 5) is 0. The first kappa shape index (κ1) is 15.2. The van der Waals surface area contributed by atoms with Gasteiger partial charge in [0.25, 0.3) is 0 Å². The first-order valence-electron chi connectivity index (χ1n) is 7.27. The Morgan fingerprint density at radius 1 is 1.00 bits per heavy atom. The predicted octanol–water partition coefficient (Wildman–Crippen LogP) is 4.34. The molecule has 3 heteroatoms. The molecular weight excluding hydrogens is 262 g/mol. The van der Waals surface area contributed by atoms with Crippen LogP contribution in [0.1, 0.15) is 19.4 Å². The van der Waals surface area contributed by atoms with E-state index in [9.17, 15) is 0 Å². The summed E-state index contributed by atoms with van der Waals surface area (Å²) >= 11 is 0. The van der Waals surface area contributed by atoms with Crippen LogP contribution in [0, 0.1) is 5.92 Å². The Hall–Kier alpha value is -2.16. The number of anilines is 1. The highest BCUT2D eigenvalue weighted by molar-refractivity contribution is 5.56.